The standard InChI is InChI=1S/C9H4FNO.C5H11Cl/c10-6-3-1-5(2-4-6)8-7-9(11-7)12-8;1-2-3-4-5-6/h1-4H;2-5H2,1H3. The maximum Gasteiger partial charge on any atom is 0.250 e. The fourth-order valence-electron chi connectivity index (χ4n) is 1.53. The molecular formula is C14H15ClFNO. The molecule has 3 rings (SSSR count). The average Bonchev–Trinajstić information content (AvgIpc) is 3.01. The fraction of sp³-hybridized carbons (Fsp3) is 0.357. The Balaban J connectivity index is 0.000000174. The number of fused-ring (bicyclic) bond motifs is 1. The van der Waals surface area contributed by atoms with Crippen molar-refractivity contribution in [1.29, 1.82) is 0 Å². The minimum atomic E-state index is -0.236. The van der Waals surface area contributed by atoms with Crippen molar-refractivity contribution in [2.24, 2.45) is 0 Å². The summed E-state index contributed by atoms with van der Waals surface area (Å²) in [5, 5.41) is 0. The number of benzene rings is 1. The van der Waals surface area contributed by atoms with Crippen LogP contribution in [-0.4, -0.2) is 10.9 Å². The van der Waals surface area contributed by atoms with Crippen LogP contribution in [0.15, 0.2) is 28.7 Å². The molecule has 2 heterocycles. The van der Waals surface area contributed by atoms with Gasteiger partial charge in [0.2, 0.25) is 0 Å². The van der Waals surface area contributed by atoms with Crippen LogP contribution in [0.25, 0.3) is 22.9 Å². The molecular weight excluding hydrogens is 253 g/mol. The van der Waals surface area contributed by atoms with Crippen LogP contribution in [0.3, 0.4) is 0 Å². The minimum Gasteiger partial charge on any atom is -0.434 e. The van der Waals surface area contributed by atoms with Crippen LogP contribution in [0, 0.1) is 5.82 Å². The van der Waals surface area contributed by atoms with Crippen molar-refractivity contribution < 1.29 is 8.81 Å². The first kappa shape index (κ1) is 13.1. The minimum absolute atomic E-state index is 0.236. The lowest BCUT2D eigenvalue weighted by atomic mass is 10.1. The first-order chi connectivity index (χ1) is 8.76. The molecule has 0 N–H and O–H groups in total. The third kappa shape index (κ3) is 3.10. The Hall–Kier alpha value is -1.35. The molecule has 0 atom stereocenters. The summed E-state index contributed by atoms with van der Waals surface area (Å²) >= 11 is 5.38. The van der Waals surface area contributed by atoms with E-state index in [-0.39, 0.29) is 5.82 Å². The summed E-state index contributed by atoms with van der Waals surface area (Å²) < 4.78 is 17.6. The van der Waals surface area contributed by atoms with Crippen molar-refractivity contribution in [2.45, 2.75) is 26.2 Å². The molecule has 0 fully saturated rings. The van der Waals surface area contributed by atoms with E-state index in [1.54, 1.807) is 12.1 Å². The first-order valence-corrected chi connectivity index (χ1v) is 6.62. The number of alkyl halides is 1. The average molecular weight is 268 g/mol. The van der Waals surface area contributed by atoms with E-state index in [0.717, 1.165) is 28.8 Å². The summed E-state index contributed by atoms with van der Waals surface area (Å²) in [5.41, 5.74) is 1.82. The SMILES string of the molecule is CCCCCCl.Fc1ccc(-c2oc3nc2-3)cc1. The van der Waals surface area contributed by atoms with Gasteiger partial charge in [0, 0.05) is 11.4 Å². The van der Waals surface area contributed by atoms with Gasteiger partial charge in [-0.15, -0.1) is 11.6 Å². The molecule has 0 spiro atoms. The first-order valence-electron chi connectivity index (χ1n) is 6.09. The van der Waals surface area contributed by atoms with E-state index in [2.05, 4.69) is 11.9 Å². The molecule has 4 heteroatoms. The summed E-state index contributed by atoms with van der Waals surface area (Å²) in [6.07, 6.45) is 3.73. The van der Waals surface area contributed by atoms with Gasteiger partial charge in [0.05, 0.1) is 0 Å². The highest BCUT2D eigenvalue weighted by atomic mass is 35.5. The predicted molar refractivity (Wildman–Crippen MR) is 71.1 cm³/mol. The zero-order chi connectivity index (χ0) is 13.0. The molecule has 2 aliphatic heterocycles. The maximum absolute atomic E-state index is 12.5. The van der Waals surface area contributed by atoms with Gasteiger partial charge < -0.3 is 4.42 Å². The molecule has 96 valence electrons. The summed E-state index contributed by atoms with van der Waals surface area (Å²) in [6, 6.07) is 6.18. The van der Waals surface area contributed by atoms with Gasteiger partial charge in [-0.1, -0.05) is 19.8 Å². The molecule has 0 radical (unpaired) electrons. The van der Waals surface area contributed by atoms with E-state index >= 15 is 0 Å². The van der Waals surface area contributed by atoms with E-state index in [0.29, 0.717) is 0 Å². The van der Waals surface area contributed by atoms with E-state index in [1.807, 2.05) is 0 Å². The number of hydrogen-bond acceptors (Lipinski definition) is 2. The van der Waals surface area contributed by atoms with E-state index in [1.165, 1.54) is 31.4 Å². The fourth-order valence-corrected chi connectivity index (χ4v) is 1.72. The molecule has 0 aliphatic carbocycles. The van der Waals surface area contributed by atoms with Crippen LogP contribution in [0.2, 0.25) is 0 Å². The Morgan fingerprint density at radius 2 is 1.94 bits per heavy atom. The van der Waals surface area contributed by atoms with E-state index in [9.17, 15) is 4.39 Å². The third-order valence-electron chi connectivity index (χ3n) is 2.62. The molecule has 2 nitrogen and oxygen atoms in total. The van der Waals surface area contributed by atoms with Crippen molar-refractivity contribution in [1.82, 2.24) is 4.98 Å². The van der Waals surface area contributed by atoms with Crippen molar-refractivity contribution >= 4 is 11.6 Å². The van der Waals surface area contributed by atoms with Crippen molar-refractivity contribution in [3.63, 3.8) is 0 Å². The van der Waals surface area contributed by atoms with E-state index < -0.39 is 0 Å². The smallest absolute Gasteiger partial charge is 0.250 e. The Morgan fingerprint density at radius 1 is 1.22 bits per heavy atom. The molecule has 0 unspecified atom stereocenters. The van der Waals surface area contributed by atoms with Gasteiger partial charge in [-0.3, -0.25) is 0 Å². The highest BCUT2D eigenvalue weighted by Gasteiger charge is 2.31. The number of nitrogens with zero attached hydrogens (tertiary/aromatic N) is 1. The summed E-state index contributed by atoms with van der Waals surface area (Å²) in [5.74, 6) is 2.09. The van der Waals surface area contributed by atoms with Crippen molar-refractivity contribution in [3.05, 3.63) is 30.1 Å². The molecule has 1 aromatic rings. The number of halogens is 2. The molecule has 0 amide bonds. The van der Waals surface area contributed by atoms with Crippen LogP contribution in [0.4, 0.5) is 4.39 Å². The van der Waals surface area contributed by atoms with Gasteiger partial charge in [0.15, 0.2) is 11.5 Å². The van der Waals surface area contributed by atoms with Crippen molar-refractivity contribution in [3.8, 4) is 22.9 Å². The van der Waals surface area contributed by atoms with Gasteiger partial charge in [-0.2, -0.15) is 0 Å². The zero-order valence-electron chi connectivity index (χ0n) is 10.2. The van der Waals surface area contributed by atoms with Crippen LogP contribution >= 0.6 is 11.6 Å². The largest absolute Gasteiger partial charge is 0.434 e. The highest BCUT2D eigenvalue weighted by Crippen LogP contribution is 2.44. The Labute approximate surface area is 111 Å². The van der Waals surface area contributed by atoms with Crippen LogP contribution in [0.5, 0.6) is 0 Å². The highest BCUT2D eigenvalue weighted by molar-refractivity contribution is 6.17. The lowest BCUT2D eigenvalue weighted by Crippen LogP contribution is -1.80. The molecule has 0 aromatic heterocycles. The van der Waals surface area contributed by atoms with E-state index in [4.69, 9.17) is 16.0 Å². The Kier molecular flexibility index (Phi) is 4.37. The lowest BCUT2D eigenvalue weighted by molar-refractivity contribution is 0.570. The van der Waals surface area contributed by atoms with Crippen LogP contribution in [-0.2, 0) is 0 Å². The topological polar surface area (TPSA) is 26.0 Å². The van der Waals surface area contributed by atoms with Crippen LogP contribution < -0.4 is 0 Å². The molecule has 1 aromatic carbocycles. The molecule has 0 saturated heterocycles. The molecule has 2 aliphatic rings. The molecule has 18 heavy (non-hydrogen) atoms. The third-order valence-corrected chi connectivity index (χ3v) is 2.89. The van der Waals surface area contributed by atoms with Crippen molar-refractivity contribution in [2.75, 3.05) is 5.88 Å². The quantitative estimate of drug-likeness (QED) is 0.497. The predicted octanol–water partition coefficient (Wildman–Crippen LogP) is 4.88. The monoisotopic (exact) mass is 267 g/mol. The molecule has 0 bridgehead atoms. The van der Waals surface area contributed by atoms with Gasteiger partial charge in [0.1, 0.15) is 5.82 Å². The van der Waals surface area contributed by atoms with Gasteiger partial charge in [0.25, 0.3) is 5.89 Å². The number of rotatable bonds is 4. The Bertz CT molecular complexity index is 503. The second kappa shape index (κ2) is 6.01. The summed E-state index contributed by atoms with van der Waals surface area (Å²) in [6.45, 7) is 2.17. The van der Waals surface area contributed by atoms with Crippen LogP contribution in [0.1, 0.15) is 26.2 Å². The number of aromatic nitrogens is 1. The second-order valence-corrected chi connectivity index (χ2v) is 4.48. The summed E-state index contributed by atoms with van der Waals surface area (Å²) in [4.78, 5) is 3.93. The number of hydrogen-bond donors (Lipinski definition) is 0. The van der Waals surface area contributed by atoms with Gasteiger partial charge >= 0.3 is 0 Å². The maximum atomic E-state index is 12.5. The summed E-state index contributed by atoms with van der Waals surface area (Å²) in [7, 11) is 0. The second-order valence-electron chi connectivity index (χ2n) is 4.10. The Morgan fingerprint density at radius 3 is 2.33 bits per heavy atom. The number of unbranched alkanes of at least 4 members (excludes halogenated alkanes) is 2. The molecule has 0 saturated carbocycles. The van der Waals surface area contributed by atoms with Gasteiger partial charge in [-0.25, -0.2) is 9.37 Å². The lowest BCUT2D eigenvalue weighted by Gasteiger charge is -2.00. The van der Waals surface area contributed by atoms with Gasteiger partial charge in [-0.05, 0) is 30.7 Å². The normalized spacial score (nSPS) is 10.8. The number of oxazole rings is 1. The zero-order valence-corrected chi connectivity index (χ0v) is 11.0.